The van der Waals surface area contributed by atoms with Gasteiger partial charge in [0.15, 0.2) is 0 Å². The van der Waals surface area contributed by atoms with Crippen molar-refractivity contribution in [3.05, 3.63) is 55.6 Å². The van der Waals surface area contributed by atoms with Gasteiger partial charge in [-0.05, 0) is 51.2 Å². The summed E-state index contributed by atoms with van der Waals surface area (Å²) in [6.45, 7) is 14.1. The SMILES string of the molecule is C=CCN(CCCC)C(=O)C1N(CCCCCCO)C(=O)[C@@H]2[C@@H](C(=O)N(CC=C)c3ccccc3)[C@@]3(C)CCC12S3. The highest BCUT2D eigenvalue weighted by molar-refractivity contribution is 8.02. The Morgan fingerprint density at radius 2 is 1.76 bits per heavy atom. The molecule has 3 saturated heterocycles. The first-order chi connectivity index (χ1) is 19.8. The fourth-order valence-corrected chi connectivity index (χ4v) is 9.61. The van der Waals surface area contributed by atoms with E-state index in [0.29, 0.717) is 26.2 Å². The van der Waals surface area contributed by atoms with Crippen molar-refractivity contribution in [2.24, 2.45) is 11.8 Å². The number of para-hydroxylation sites is 1. The molecular formula is C33H47N3O4S. The molecule has 4 rings (SSSR count). The Balaban J connectivity index is 1.72. The summed E-state index contributed by atoms with van der Waals surface area (Å²) in [5.74, 6) is -1.19. The van der Waals surface area contributed by atoms with E-state index < -0.39 is 27.4 Å². The zero-order valence-electron chi connectivity index (χ0n) is 24.8. The zero-order chi connectivity index (χ0) is 29.6. The molecule has 3 aliphatic heterocycles. The summed E-state index contributed by atoms with van der Waals surface area (Å²) < 4.78 is -1.06. The van der Waals surface area contributed by atoms with Crippen molar-refractivity contribution in [3.63, 3.8) is 0 Å². The molecule has 1 N–H and O–H groups in total. The smallest absolute Gasteiger partial charge is 0.247 e. The van der Waals surface area contributed by atoms with E-state index in [-0.39, 0.29) is 24.3 Å². The number of likely N-dealkylation sites (tertiary alicyclic amines) is 1. The van der Waals surface area contributed by atoms with Crippen molar-refractivity contribution >= 4 is 35.2 Å². The lowest BCUT2D eigenvalue weighted by Crippen LogP contribution is -2.55. The lowest BCUT2D eigenvalue weighted by Gasteiger charge is -2.38. The van der Waals surface area contributed by atoms with Crippen LogP contribution in [0.25, 0.3) is 0 Å². The Morgan fingerprint density at radius 1 is 1.05 bits per heavy atom. The van der Waals surface area contributed by atoms with E-state index in [0.717, 1.165) is 57.1 Å². The van der Waals surface area contributed by atoms with Gasteiger partial charge in [-0.3, -0.25) is 14.4 Å². The number of hydrogen-bond donors (Lipinski definition) is 1. The lowest BCUT2D eigenvalue weighted by molar-refractivity contribution is -0.143. The fourth-order valence-electron chi connectivity index (χ4n) is 7.27. The average molecular weight is 582 g/mol. The molecule has 5 atom stereocenters. The number of aliphatic hydroxyl groups excluding tert-OH is 1. The second kappa shape index (κ2) is 13.6. The van der Waals surface area contributed by atoms with Crippen LogP contribution < -0.4 is 4.90 Å². The third kappa shape index (κ3) is 5.87. The van der Waals surface area contributed by atoms with Crippen molar-refractivity contribution < 1.29 is 19.5 Å². The fraction of sp³-hybridized carbons (Fsp3) is 0.606. The highest BCUT2D eigenvalue weighted by atomic mass is 32.2. The molecule has 3 heterocycles. The number of nitrogens with zero attached hydrogens (tertiary/aromatic N) is 3. The molecule has 1 spiro atoms. The number of carbonyl (C=O) groups is 3. The maximum Gasteiger partial charge on any atom is 0.247 e. The highest BCUT2D eigenvalue weighted by Gasteiger charge is 2.77. The summed E-state index contributed by atoms with van der Waals surface area (Å²) >= 11 is 1.73. The van der Waals surface area contributed by atoms with Crippen molar-refractivity contribution in [2.45, 2.75) is 80.7 Å². The number of hydrogen-bond acceptors (Lipinski definition) is 5. The normalized spacial score (nSPS) is 28.0. The maximum absolute atomic E-state index is 14.5. The van der Waals surface area contributed by atoms with E-state index in [1.807, 2.05) is 40.1 Å². The first-order valence-electron chi connectivity index (χ1n) is 15.3. The number of rotatable bonds is 16. The number of benzene rings is 1. The zero-order valence-corrected chi connectivity index (χ0v) is 25.6. The first kappa shape index (κ1) is 31.4. The largest absolute Gasteiger partial charge is 0.396 e. The van der Waals surface area contributed by atoms with E-state index in [1.165, 1.54) is 0 Å². The number of anilines is 1. The van der Waals surface area contributed by atoms with Crippen LogP contribution >= 0.6 is 11.8 Å². The number of aliphatic hydroxyl groups is 1. The van der Waals surface area contributed by atoms with Crippen LogP contribution in [-0.2, 0) is 14.4 Å². The second-order valence-electron chi connectivity index (χ2n) is 11.9. The molecule has 1 aromatic rings. The number of fused-ring (bicyclic) bond motifs is 1. The van der Waals surface area contributed by atoms with Gasteiger partial charge in [0.25, 0.3) is 0 Å². The standard InChI is InChI=1S/C33H47N3O4S/c1-5-8-22-34(20-6-2)31(40)28-33-19-18-32(4,41-33)26(27(33)30(39)36(28)23-14-9-10-15-24-37)29(38)35(21-7-3)25-16-12-11-13-17-25/h6-7,11-13,16-17,26-28,37H,2-3,5,8-10,14-15,18-24H2,1,4H3/t26-,27-,28?,32+,33?/m0/s1. The predicted molar refractivity (Wildman–Crippen MR) is 167 cm³/mol. The van der Waals surface area contributed by atoms with Gasteiger partial charge in [-0.2, -0.15) is 0 Å². The third-order valence-electron chi connectivity index (χ3n) is 9.17. The van der Waals surface area contributed by atoms with E-state index in [2.05, 4.69) is 27.0 Å². The number of carbonyl (C=O) groups excluding carboxylic acids is 3. The van der Waals surface area contributed by atoms with Gasteiger partial charge >= 0.3 is 0 Å². The first-order valence-corrected chi connectivity index (χ1v) is 16.1. The minimum absolute atomic E-state index is 0.0135. The molecule has 224 valence electrons. The summed E-state index contributed by atoms with van der Waals surface area (Å²) in [6.07, 6.45) is 10.1. The van der Waals surface area contributed by atoms with Gasteiger partial charge < -0.3 is 19.8 Å². The van der Waals surface area contributed by atoms with Gasteiger partial charge in [0.1, 0.15) is 6.04 Å². The van der Waals surface area contributed by atoms with E-state index in [1.54, 1.807) is 28.8 Å². The molecule has 3 amide bonds. The molecule has 0 aliphatic carbocycles. The van der Waals surface area contributed by atoms with Crippen LogP contribution in [0.5, 0.6) is 0 Å². The van der Waals surface area contributed by atoms with Gasteiger partial charge in [0.2, 0.25) is 17.7 Å². The number of amides is 3. The van der Waals surface area contributed by atoms with Crippen LogP contribution in [0.15, 0.2) is 55.6 Å². The highest BCUT2D eigenvalue weighted by Crippen LogP contribution is 2.71. The molecule has 2 unspecified atom stereocenters. The molecular weight excluding hydrogens is 534 g/mol. The van der Waals surface area contributed by atoms with Gasteiger partial charge in [0.05, 0.1) is 16.6 Å². The summed E-state index contributed by atoms with van der Waals surface area (Å²) in [4.78, 5) is 48.8. The van der Waals surface area contributed by atoms with Gasteiger partial charge in [-0.25, -0.2) is 0 Å². The predicted octanol–water partition coefficient (Wildman–Crippen LogP) is 5.05. The Kier molecular flexibility index (Phi) is 10.4. The van der Waals surface area contributed by atoms with Crippen LogP contribution in [-0.4, -0.2) is 80.9 Å². The molecule has 7 nitrogen and oxygen atoms in total. The quantitative estimate of drug-likeness (QED) is 0.218. The molecule has 1 aromatic carbocycles. The summed E-state index contributed by atoms with van der Waals surface area (Å²) in [5, 5.41) is 9.20. The second-order valence-corrected chi connectivity index (χ2v) is 13.8. The molecule has 0 radical (unpaired) electrons. The monoisotopic (exact) mass is 581 g/mol. The summed E-state index contributed by atoms with van der Waals surface area (Å²) in [7, 11) is 0. The van der Waals surface area contributed by atoms with Crippen LogP contribution in [0, 0.1) is 11.8 Å². The van der Waals surface area contributed by atoms with E-state index in [4.69, 9.17) is 0 Å². The van der Waals surface area contributed by atoms with Crippen LogP contribution in [0.2, 0.25) is 0 Å². The summed E-state index contributed by atoms with van der Waals surface area (Å²) in [6, 6.07) is 8.99. The van der Waals surface area contributed by atoms with Crippen molar-refractivity contribution in [1.82, 2.24) is 9.80 Å². The minimum atomic E-state index is -0.628. The van der Waals surface area contributed by atoms with Crippen molar-refractivity contribution in [2.75, 3.05) is 37.7 Å². The van der Waals surface area contributed by atoms with Gasteiger partial charge in [-0.15, -0.1) is 24.9 Å². The Bertz CT molecular complexity index is 1110. The van der Waals surface area contributed by atoms with Crippen molar-refractivity contribution in [3.8, 4) is 0 Å². The average Bonchev–Trinajstić information content (AvgIpc) is 3.54. The molecule has 3 aliphatic rings. The van der Waals surface area contributed by atoms with Crippen LogP contribution in [0.1, 0.15) is 65.2 Å². The minimum Gasteiger partial charge on any atom is -0.396 e. The molecule has 8 heteroatoms. The number of unbranched alkanes of at least 4 members (excludes halogenated alkanes) is 4. The lowest BCUT2D eigenvalue weighted by atomic mass is 9.66. The Labute approximate surface area is 250 Å². The molecule has 41 heavy (non-hydrogen) atoms. The number of thioether (sulfide) groups is 1. The van der Waals surface area contributed by atoms with Crippen molar-refractivity contribution in [1.29, 1.82) is 0 Å². The van der Waals surface area contributed by atoms with E-state index in [9.17, 15) is 19.5 Å². The molecule has 0 saturated carbocycles. The molecule has 2 bridgehead atoms. The Morgan fingerprint density at radius 3 is 2.41 bits per heavy atom. The van der Waals surface area contributed by atoms with Crippen LogP contribution in [0.4, 0.5) is 5.69 Å². The van der Waals surface area contributed by atoms with E-state index >= 15 is 0 Å². The molecule has 3 fully saturated rings. The molecule has 0 aromatic heterocycles. The topological polar surface area (TPSA) is 81.2 Å². The van der Waals surface area contributed by atoms with Gasteiger partial charge in [-0.1, -0.05) is 56.5 Å². The van der Waals surface area contributed by atoms with Gasteiger partial charge in [0, 0.05) is 43.2 Å². The summed E-state index contributed by atoms with van der Waals surface area (Å²) in [5.41, 5.74) is 0.790. The Hall–Kier alpha value is -2.58. The maximum atomic E-state index is 14.5. The third-order valence-corrected chi connectivity index (χ3v) is 11.2. The van der Waals surface area contributed by atoms with Crippen LogP contribution in [0.3, 0.4) is 0 Å².